The molecule has 0 radical (unpaired) electrons. The molecule has 0 saturated carbocycles. The Hall–Kier alpha value is -2.36. The number of anilines is 1. The van der Waals surface area contributed by atoms with Crippen LogP contribution in [0.2, 0.25) is 0 Å². The zero-order valence-electron chi connectivity index (χ0n) is 14.5. The molecule has 6 nitrogen and oxygen atoms in total. The first-order valence-electron chi connectivity index (χ1n) is 7.80. The first kappa shape index (κ1) is 19.4. The van der Waals surface area contributed by atoms with Gasteiger partial charge >= 0.3 is 0 Å². The van der Waals surface area contributed by atoms with E-state index in [4.69, 9.17) is 0 Å². The SMILES string of the molecule is CSc1ccccc1NC(=O)c1ccc(Sc2nc(C)cs2)c([N+](=O)[O-])c1. The Balaban J connectivity index is 1.86. The standard InChI is InChI=1S/C18H15N3O3S3/c1-11-10-26-18(19-11)27-16-8-7-12(9-14(16)21(23)24)17(22)20-13-5-3-4-6-15(13)25-2/h3-10H,1-2H3,(H,20,22). The number of benzene rings is 2. The molecule has 1 heterocycles. The highest BCUT2D eigenvalue weighted by Crippen LogP contribution is 2.37. The fraction of sp³-hybridized carbons (Fsp3) is 0.111. The van der Waals surface area contributed by atoms with Crippen molar-refractivity contribution in [2.75, 3.05) is 11.6 Å². The van der Waals surface area contributed by atoms with Crippen molar-refractivity contribution >= 4 is 52.1 Å². The largest absolute Gasteiger partial charge is 0.321 e. The minimum absolute atomic E-state index is 0.112. The lowest BCUT2D eigenvalue weighted by molar-refractivity contribution is -0.387. The van der Waals surface area contributed by atoms with E-state index >= 15 is 0 Å². The van der Waals surface area contributed by atoms with Gasteiger partial charge in [0.05, 0.1) is 15.5 Å². The van der Waals surface area contributed by atoms with Crippen molar-refractivity contribution in [3.63, 3.8) is 0 Å². The Morgan fingerprint density at radius 1 is 1.22 bits per heavy atom. The second-order valence-electron chi connectivity index (χ2n) is 5.45. The number of aryl methyl sites for hydroxylation is 1. The van der Waals surface area contributed by atoms with Crippen LogP contribution in [0, 0.1) is 17.0 Å². The molecular weight excluding hydrogens is 402 g/mol. The number of rotatable bonds is 6. The summed E-state index contributed by atoms with van der Waals surface area (Å²) in [7, 11) is 0. The van der Waals surface area contributed by atoms with Gasteiger partial charge in [-0.2, -0.15) is 0 Å². The number of carbonyl (C=O) groups excluding carboxylic acids is 1. The third-order valence-electron chi connectivity index (χ3n) is 3.57. The number of nitro groups is 1. The molecule has 0 bridgehead atoms. The molecule has 9 heteroatoms. The van der Waals surface area contributed by atoms with Gasteiger partial charge in [-0.15, -0.1) is 23.1 Å². The quantitative estimate of drug-likeness (QED) is 0.324. The maximum Gasteiger partial charge on any atom is 0.284 e. The zero-order chi connectivity index (χ0) is 19.4. The number of thioether (sulfide) groups is 1. The van der Waals surface area contributed by atoms with Crippen LogP contribution < -0.4 is 5.32 Å². The van der Waals surface area contributed by atoms with Gasteiger partial charge in [0.1, 0.15) is 0 Å². The maximum absolute atomic E-state index is 12.6. The van der Waals surface area contributed by atoms with Crippen molar-refractivity contribution in [3.05, 3.63) is 69.2 Å². The van der Waals surface area contributed by atoms with Crippen LogP contribution in [0.3, 0.4) is 0 Å². The average Bonchev–Trinajstić information content (AvgIpc) is 3.07. The summed E-state index contributed by atoms with van der Waals surface area (Å²) in [6.45, 7) is 1.87. The van der Waals surface area contributed by atoms with Crippen molar-refractivity contribution < 1.29 is 9.72 Å². The zero-order valence-corrected chi connectivity index (χ0v) is 16.9. The number of nitrogens with one attached hydrogen (secondary N) is 1. The predicted molar refractivity (Wildman–Crippen MR) is 110 cm³/mol. The van der Waals surface area contributed by atoms with Gasteiger partial charge in [-0.3, -0.25) is 14.9 Å². The van der Waals surface area contributed by atoms with Crippen LogP contribution >= 0.6 is 34.9 Å². The van der Waals surface area contributed by atoms with E-state index in [1.54, 1.807) is 18.2 Å². The summed E-state index contributed by atoms with van der Waals surface area (Å²) in [5.41, 5.74) is 1.67. The average molecular weight is 418 g/mol. The third kappa shape index (κ3) is 4.68. The number of amides is 1. The van der Waals surface area contributed by atoms with Crippen LogP contribution in [0.25, 0.3) is 0 Å². The number of carbonyl (C=O) groups is 1. The van der Waals surface area contributed by atoms with Gasteiger partial charge in [-0.1, -0.05) is 23.9 Å². The Morgan fingerprint density at radius 3 is 2.67 bits per heavy atom. The van der Waals surface area contributed by atoms with Gasteiger partial charge in [-0.25, -0.2) is 4.98 Å². The maximum atomic E-state index is 12.6. The second kappa shape index (κ2) is 8.55. The summed E-state index contributed by atoms with van der Waals surface area (Å²) < 4.78 is 0.724. The lowest BCUT2D eigenvalue weighted by atomic mass is 10.2. The van der Waals surface area contributed by atoms with Crippen molar-refractivity contribution in [1.29, 1.82) is 0 Å². The van der Waals surface area contributed by atoms with Gasteiger partial charge < -0.3 is 5.32 Å². The van der Waals surface area contributed by atoms with Crippen molar-refractivity contribution in [3.8, 4) is 0 Å². The molecule has 138 valence electrons. The van der Waals surface area contributed by atoms with E-state index in [0.717, 1.165) is 14.9 Å². The van der Waals surface area contributed by atoms with Crippen molar-refractivity contribution in [1.82, 2.24) is 4.98 Å². The Labute approximate surface area is 168 Å². The summed E-state index contributed by atoms with van der Waals surface area (Å²) in [4.78, 5) is 29.3. The lowest BCUT2D eigenvalue weighted by Crippen LogP contribution is -2.13. The highest BCUT2D eigenvalue weighted by molar-refractivity contribution is 8.01. The smallest absolute Gasteiger partial charge is 0.284 e. The number of nitro benzene ring substituents is 1. The van der Waals surface area contributed by atoms with Gasteiger partial charge in [0.25, 0.3) is 11.6 Å². The molecule has 0 aliphatic carbocycles. The van der Waals surface area contributed by atoms with Gasteiger partial charge in [-0.05, 0) is 37.4 Å². The Bertz CT molecular complexity index is 1000. The van der Waals surface area contributed by atoms with E-state index in [2.05, 4.69) is 10.3 Å². The molecular formula is C18H15N3O3S3. The molecule has 0 spiro atoms. The molecule has 0 unspecified atom stereocenters. The number of thiazole rings is 1. The van der Waals surface area contributed by atoms with Crippen LogP contribution in [-0.2, 0) is 0 Å². The minimum atomic E-state index is -0.477. The molecule has 1 amide bonds. The minimum Gasteiger partial charge on any atom is -0.321 e. The van der Waals surface area contributed by atoms with E-state index in [1.165, 1.54) is 40.9 Å². The van der Waals surface area contributed by atoms with Gasteiger partial charge in [0, 0.05) is 27.6 Å². The van der Waals surface area contributed by atoms with E-state index in [-0.39, 0.29) is 17.2 Å². The van der Waals surface area contributed by atoms with Crippen molar-refractivity contribution in [2.45, 2.75) is 21.1 Å². The molecule has 2 aromatic carbocycles. The third-order valence-corrected chi connectivity index (χ3v) is 6.49. The molecule has 0 atom stereocenters. The molecule has 3 aromatic rings. The topological polar surface area (TPSA) is 85.1 Å². The van der Waals surface area contributed by atoms with Crippen LogP contribution in [0.4, 0.5) is 11.4 Å². The monoisotopic (exact) mass is 417 g/mol. The van der Waals surface area contributed by atoms with E-state index in [9.17, 15) is 14.9 Å². The van der Waals surface area contributed by atoms with E-state index in [0.29, 0.717) is 10.6 Å². The molecule has 1 N–H and O–H groups in total. The van der Waals surface area contributed by atoms with E-state index in [1.807, 2.05) is 36.8 Å². The van der Waals surface area contributed by atoms with Crippen LogP contribution in [-0.4, -0.2) is 22.1 Å². The molecule has 0 saturated heterocycles. The fourth-order valence-electron chi connectivity index (χ4n) is 2.30. The summed E-state index contributed by atoms with van der Waals surface area (Å²) in [5, 5.41) is 16.2. The Kier molecular flexibility index (Phi) is 6.15. The first-order valence-corrected chi connectivity index (χ1v) is 10.7. The second-order valence-corrected chi connectivity index (χ2v) is 8.45. The Morgan fingerprint density at radius 2 is 2.00 bits per heavy atom. The van der Waals surface area contributed by atoms with Crippen LogP contribution in [0.1, 0.15) is 16.1 Å². The number of aromatic nitrogens is 1. The molecule has 27 heavy (non-hydrogen) atoms. The molecule has 0 fully saturated rings. The summed E-state index contributed by atoms with van der Waals surface area (Å²) in [5.74, 6) is -0.388. The van der Waals surface area contributed by atoms with E-state index < -0.39 is 4.92 Å². The normalized spacial score (nSPS) is 10.6. The number of hydrogen-bond donors (Lipinski definition) is 1. The van der Waals surface area contributed by atoms with Crippen LogP contribution in [0.15, 0.2) is 62.0 Å². The summed E-state index contributed by atoms with van der Waals surface area (Å²) in [6.07, 6.45) is 1.92. The molecule has 0 aliphatic rings. The highest BCUT2D eigenvalue weighted by atomic mass is 32.2. The number of hydrogen-bond acceptors (Lipinski definition) is 7. The van der Waals surface area contributed by atoms with Gasteiger partial charge in [0.15, 0.2) is 4.34 Å². The van der Waals surface area contributed by atoms with Gasteiger partial charge in [0.2, 0.25) is 0 Å². The number of para-hydroxylation sites is 1. The molecule has 1 aromatic heterocycles. The predicted octanol–water partition coefficient (Wildman–Crippen LogP) is 5.49. The first-order chi connectivity index (χ1) is 13.0. The van der Waals surface area contributed by atoms with Crippen molar-refractivity contribution in [2.24, 2.45) is 0 Å². The highest BCUT2D eigenvalue weighted by Gasteiger charge is 2.20. The number of nitrogens with zero attached hydrogens (tertiary/aromatic N) is 2. The summed E-state index contributed by atoms with van der Waals surface area (Å²) in [6, 6.07) is 11.9. The lowest BCUT2D eigenvalue weighted by Gasteiger charge is -2.10. The van der Waals surface area contributed by atoms with Crippen LogP contribution in [0.5, 0.6) is 0 Å². The molecule has 0 aliphatic heterocycles. The molecule has 3 rings (SSSR count). The summed E-state index contributed by atoms with van der Waals surface area (Å²) >= 11 is 4.17. The fourth-order valence-corrected chi connectivity index (χ4v) is 4.74.